The van der Waals surface area contributed by atoms with Gasteiger partial charge in [0, 0.05) is 21.2 Å². The summed E-state index contributed by atoms with van der Waals surface area (Å²) in [7, 11) is 4.57. The van der Waals surface area contributed by atoms with Crippen molar-refractivity contribution in [2.45, 2.75) is 4.90 Å². The molecule has 0 heterocycles. The second kappa shape index (κ2) is 11.5. The van der Waals surface area contributed by atoms with Crippen LogP contribution in [0.25, 0.3) is 0 Å². The molecular formula is C24H23ClN2O5S. The number of thioether (sulfide) groups is 1. The fourth-order valence-electron chi connectivity index (χ4n) is 2.96. The second-order valence-electron chi connectivity index (χ2n) is 6.73. The molecule has 172 valence electrons. The molecule has 0 fully saturated rings. The van der Waals surface area contributed by atoms with Crippen molar-refractivity contribution in [1.29, 1.82) is 0 Å². The van der Waals surface area contributed by atoms with Gasteiger partial charge in [-0.1, -0.05) is 17.7 Å². The number of benzene rings is 3. The average molecular weight is 487 g/mol. The number of methoxy groups -OCH3 is 3. The maximum atomic E-state index is 12.6. The molecule has 0 unspecified atom stereocenters. The molecule has 9 heteroatoms. The molecule has 0 atom stereocenters. The van der Waals surface area contributed by atoms with Crippen LogP contribution in [0, 0.1) is 0 Å². The van der Waals surface area contributed by atoms with Gasteiger partial charge in [-0.15, -0.1) is 11.8 Å². The number of carbonyl (C=O) groups excluding carboxylic acids is 2. The van der Waals surface area contributed by atoms with Crippen LogP contribution in [-0.4, -0.2) is 38.9 Å². The highest BCUT2D eigenvalue weighted by Gasteiger charge is 2.12. The number of nitrogens with one attached hydrogen (secondary N) is 2. The monoisotopic (exact) mass is 486 g/mol. The summed E-state index contributed by atoms with van der Waals surface area (Å²) < 4.78 is 15.7. The maximum absolute atomic E-state index is 12.6. The zero-order valence-corrected chi connectivity index (χ0v) is 19.9. The van der Waals surface area contributed by atoms with Gasteiger partial charge < -0.3 is 24.8 Å². The van der Waals surface area contributed by atoms with E-state index in [0.717, 1.165) is 4.90 Å². The van der Waals surface area contributed by atoms with E-state index < -0.39 is 0 Å². The lowest BCUT2D eigenvalue weighted by Crippen LogP contribution is -2.15. The number of halogens is 1. The number of hydrogen-bond donors (Lipinski definition) is 2. The van der Waals surface area contributed by atoms with Crippen LogP contribution < -0.4 is 24.8 Å². The Morgan fingerprint density at radius 1 is 0.848 bits per heavy atom. The highest BCUT2D eigenvalue weighted by molar-refractivity contribution is 8.00. The lowest BCUT2D eigenvalue weighted by atomic mass is 10.2. The largest absolute Gasteiger partial charge is 0.495 e. The van der Waals surface area contributed by atoms with Crippen LogP contribution in [0.15, 0.2) is 65.6 Å². The van der Waals surface area contributed by atoms with Crippen molar-refractivity contribution in [3.05, 3.63) is 71.2 Å². The summed E-state index contributed by atoms with van der Waals surface area (Å²) in [6.07, 6.45) is 0. The van der Waals surface area contributed by atoms with E-state index in [0.29, 0.717) is 39.2 Å². The summed E-state index contributed by atoms with van der Waals surface area (Å²) >= 11 is 7.35. The minimum atomic E-state index is -0.288. The predicted octanol–water partition coefficient (Wildman–Crippen LogP) is 5.35. The molecule has 0 aliphatic rings. The Morgan fingerprint density at radius 2 is 1.58 bits per heavy atom. The van der Waals surface area contributed by atoms with Crippen molar-refractivity contribution in [2.24, 2.45) is 0 Å². The smallest absolute Gasteiger partial charge is 0.255 e. The molecule has 0 aliphatic carbocycles. The van der Waals surface area contributed by atoms with Gasteiger partial charge in [-0.2, -0.15) is 0 Å². The van der Waals surface area contributed by atoms with Crippen LogP contribution in [0.5, 0.6) is 17.2 Å². The quantitative estimate of drug-likeness (QED) is 0.396. The van der Waals surface area contributed by atoms with Crippen molar-refractivity contribution < 1.29 is 23.8 Å². The SMILES string of the molecule is COc1ccc(Cl)cc1NC(=O)CSc1cccc(NC(=O)c2ccc(OC)c(OC)c2)c1. The lowest BCUT2D eigenvalue weighted by molar-refractivity contribution is -0.113. The summed E-state index contributed by atoms with van der Waals surface area (Å²) in [6, 6.07) is 17.2. The van der Waals surface area contributed by atoms with Crippen molar-refractivity contribution in [3.63, 3.8) is 0 Å². The van der Waals surface area contributed by atoms with Crippen LogP contribution in [0.3, 0.4) is 0 Å². The van der Waals surface area contributed by atoms with Gasteiger partial charge in [0.25, 0.3) is 5.91 Å². The van der Waals surface area contributed by atoms with E-state index >= 15 is 0 Å². The molecule has 0 bridgehead atoms. The minimum Gasteiger partial charge on any atom is -0.495 e. The fourth-order valence-corrected chi connectivity index (χ4v) is 3.88. The first kappa shape index (κ1) is 24.3. The maximum Gasteiger partial charge on any atom is 0.255 e. The Bertz CT molecular complexity index is 1160. The summed E-state index contributed by atoms with van der Waals surface area (Å²) in [5.74, 6) is 1.21. The number of carbonyl (C=O) groups is 2. The number of hydrogen-bond acceptors (Lipinski definition) is 6. The van der Waals surface area contributed by atoms with Gasteiger partial charge >= 0.3 is 0 Å². The van der Waals surface area contributed by atoms with E-state index in [-0.39, 0.29) is 17.6 Å². The molecule has 0 saturated carbocycles. The van der Waals surface area contributed by atoms with E-state index in [1.807, 2.05) is 12.1 Å². The number of rotatable bonds is 9. The molecule has 3 aromatic carbocycles. The van der Waals surface area contributed by atoms with Crippen LogP contribution >= 0.6 is 23.4 Å². The van der Waals surface area contributed by atoms with Crippen LogP contribution in [-0.2, 0) is 4.79 Å². The molecule has 2 amide bonds. The normalized spacial score (nSPS) is 10.3. The first-order chi connectivity index (χ1) is 15.9. The average Bonchev–Trinajstić information content (AvgIpc) is 2.82. The van der Waals surface area contributed by atoms with Crippen molar-refractivity contribution >= 4 is 46.6 Å². The van der Waals surface area contributed by atoms with Crippen molar-refractivity contribution in [2.75, 3.05) is 37.7 Å². The number of amides is 2. The Balaban J connectivity index is 1.61. The molecule has 3 aromatic rings. The molecule has 0 spiro atoms. The van der Waals surface area contributed by atoms with Gasteiger partial charge in [0.15, 0.2) is 11.5 Å². The topological polar surface area (TPSA) is 85.9 Å². The van der Waals surface area contributed by atoms with Gasteiger partial charge in [-0.25, -0.2) is 0 Å². The zero-order valence-electron chi connectivity index (χ0n) is 18.3. The Labute approximate surface area is 201 Å². The third-order valence-electron chi connectivity index (χ3n) is 4.54. The number of anilines is 2. The van der Waals surface area contributed by atoms with Gasteiger partial charge in [0.05, 0.1) is 32.8 Å². The summed E-state index contributed by atoms with van der Waals surface area (Å²) in [6.45, 7) is 0. The van der Waals surface area contributed by atoms with E-state index in [1.54, 1.807) is 48.5 Å². The lowest BCUT2D eigenvalue weighted by Gasteiger charge is -2.11. The Hall–Kier alpha value is -3.36. The highest BCUT2D eigenvalue weighted by atomic mass is 35.5. The standard InChI is InChI=1S/C24H23ClN2O5S/c1-30-20-10-8-16(25)12-19(20)27-23(28)14-33-18-6-4-5-17(13-18)26-24(29)15-7-9-21(31-2)22(11-15)32-3/h4-13H,14H2,1-3H3,(H,26,29)(H,27,28). The summed E-state index contributed by atoms with van der Waals surface area (Å²) in [4.78, 5) is 25.9. The second-order valence-corrected chi connectivity index (χ2v) is 8.22. The van der Waals surface area contributed by atoms with Gasteiger partial charge in [-0.05, 0) is 54.6 Å². The Kier molecular flexibility index (Phi) is 8.46. The molecular weight excluding hydrogens is 464 g/mol. The highest BCUT2D eigenvalue weighted by Crippen LogP contribution is 2.30. The molecule has 0 aliphatic heterocycles. The number of ether oxygens (including phenoxy) is 3. The van der Waals surface area contributed by atoms with E-state index in [2.05, 4.69) is 10.6 Å². The summed E-state index contributed by atoms with van der Waals surface area (Å²) in [5.41, 5.74) is 1.55. The molecule has 33 heavy (non-hydrogen) atoms. The third-order valence-corrected chi connectivity index (χ3v) is 5.77. The van der Waals surface area contributed by atoms with Crippen LogP contribution in [0.2, 0.25) is 5.02 Å². The van der Waals surface area contributed by atoms with Gasteiger partial charge in [0.2, 0.25) is 5.91 Å². The molecule has 0 aromatic heterocycles. The third kappa shape index (κ3) is 6.57. The van der Waals surface area contributed by atoms with Crippen molar-refractivity contribution in [1.82, 2.24) is 0 Å². The van der Waals surface area contributed by atoms with E-state index in [4.69, 9.17) is 25.8 Å². The van der Waals surface area contributed by atoms with Crippen molar-refractivity contribution in [3.8, 4) is 17.2 Å². The molecule has 2 N–H and O–H groups in total. The van der Waals surface area contributed by atoms with E-state index in [1.165, 1.54) is 33.1 Å². The van der Waals surface area contributed by atoms with E-state index in [9.17, 15) is 9.59 Å². The zero-order chi connectivity index (χ0) is 23.8. The molecule has 0 radical (unpaired) electrons. The molecule has 7 nitrogen and oxygen atoms in total. The summed E-state index contributed by atoms with van der Waals surface area (Å²) in [5, 5.41) is 6.15. The molecule has 3 rings (SSSR count). The fraction of sp³-hybridized carbons (Fsp3) is 0.167. The predicted molar refractivity (Wildman–Crippen MR) is 131 cm³/mol. The van der Waals surface area contributed by atoms with Gasteiger partial charge in [-0.3, -0.25) is 9.59 Å². The Morgan fingerprint density at radius 3 is 2.30 bits per heavy atom. The minimum absolute atomic E-state index is 0.169. The molecule has 0 saturated heterocycles. The van der Waals surface area contributed by atoms with Crippen LogP contribution in [0.1, 0.15) is 10.4 Å². The van der Waals surface area contributed by atoms with Gasteiger partial charge in [0.1, 0.15) is 5.75 Å². The van der Waals surface area contributed by atoms with Crippen LogP contribution in [0.4, 0.5) is 11.4 Å². The first-order valence-corrected chi connectivity index (χ1v) is 11.2. The first-order valence-electron chi connectivity index (χ1n) is 9.83.